The number of H-pyrrole nitrogens is 1. The zero-order valence-electron chi connectivity index (χ0n) is 16.1. The van der Waals surface area contributed by atoms with Crippen molar-refractivity contribution < 1.29 is 14.7 Å². The monoisotopic (exact) mass is 385 g/mol. The zero-order valence-corrected chi connectivity index (χ0v) is 16.1. The number of benzene rings is 1. The normalized spacial score (nSPS) is 17.9. The molecule has 0 radical (unpaired) electrons. The van der Waals surface area contributed by atoms with Crippen LogP contribution in [-0.2, 0) is 11.2 Å². The molecule has 1 aromatic heterocycles. The number of carbonyl (C=O) groups is 2. The summed E-state index contributed by atoms with van der Waals surface area (Å²) in [6.45, 7) is 3.11. The number of aromatic amines is 1. The summed E-state index contributed by atoms with van der Waals surface area (Å²) in [4.78, 5) is 30.0. The van der Waals surface area contributed by atoms with Gasteiger partial charge in [0.2, 0.25) is 0 Å². The summed E-state index contributed by atoms with van der Waals surface area (Å²) in [5.74, 6) is 0.788. The number of likely N-dealkylation sites (tertiary alicyclic amines) is 1. The fourth-order valence-corrected chi connectivity index (χ4v) is 3.60. The van der Waals surface area contributed by atoms with E-state index in [1.807, 2.05) is 37.3 Å². The van der Waals surface area contributed by atoms with E-state index in [1.54, 1.807) is 4.90 Å². The van der Waals surface area contributed by atoms with Gasteiger partial charge in [-0.25, -0.2) is 9.78 Å². The van der Waals surface area contributed by atoms with Crippen molar-refractivity contribution in [3.8, 4) is 0 Å². The quantitative estimate of drug-likeness (QED) is 0.678. The van der Waals surface area contributed by atoms with Gasteiger partial charge in [-0.2, -0.15) is 5.10 Å². The average molecular weight is 385 g/mol. The smallest absolute Gasteiger partial charge is 0.317 e. The molecule has 1 aliphatic rings. The maximum Gasteiger partial charge on any atom is 0.317 e. The molecule has 2 atom stereocenters. The van der Waals surface area contributed by atoms with Crippen molar-refractivity contribution in [3.63, 3.8) is 0 Å². The third-order valence-corrected chi connectivity index (χ3v) is 5.05. The second-order valence-electron chi connectivity index (χ2n) is 7.33. The molecule has 0 saturated carbocycles. The molecule has 1 aromatic carbocycles. The van der Waals surface area contributed by atoms with Crippen LogP contribution in [0.5, 0.6) is 0 Å². The molecule has 2 heterocycles. The Balaban J connectivity index is 1.62. The van der Waals surface area contributed by atoms with Gasteiger partial charge in [0.05, 0.1) is 0 Å². The van der Waals surface area contributed by atoms with Gasteiger partial charge in [-0.05, 0) is 38.2 Å². The SMILES string of the molecule is Cc1nc(C2CCCN(C(=O)NC(CCC(=O)O)Cc3ccccc3)C2)n[nH]1. The van der Waals surface area contributed by atoms with Crippen LogP contribution in [0.3, 0.4) is 0 Å². The molecule has 0 bridgehead atoms. The van der Waals surface area contributed by atoms with Gasteiger partial charge in [-0.3, -0.25) is 9.89 Å². The number of carboxylic acid groups (broad SMARTS) is 1. The molecule has 2 aromatic rings. The first-order valence-corrected chi connectivity index (χ1v) is 9.71. The molecule has 3 rings (SSSR count). The van der Waals surface area contributed by atoms with Crippen LogP contribution < -0.4 is 5.32 Å². The van der Waals surface area contributed by atoms with E-state index in [1.165, 1.54) is 0 Å². The van der Waals surface area contributed by atoms with Crippen molar-refractivity contribution in [1.82, 2.24) is 25.4 Å². The molecule has 3 N–H and O–H groups in total. The highest BCUT2D eigenvalue weighted by molar-refractivity contribution is 5.75. The van der Waals surface area contributed by atoms with Crippen LogP contribution >= 0.6 is 0 Å². The lowest BCUT2D eigenvalue weighted by atomic mass is 9.97. The molecule has 2 amide bonds. The standard InChI is InChI=1S/C20H27N5O3/c1-14-21-19(24-23-14)16-8-5-11-25(13-16)20(28)22-17(9-10-18(26)27)12-15-6-3-2-4-7-15/h2-4,6-7,16-17H,5,8-13H2,1H3,(H,22,28)(H,26,27)(H,21,23,24). The number of hydrogen-bond donors (Lipinski definition) is 3. The Morgan fingerprint density at radius 1 is 1.36 bits per heavy atom. The molecule has 0 spiro atoms. The summed E-state index contributed by atoms with van der Waals surface area (Å²) in [5.41, 5.74) is 1.07. The van der Waals surface area contributed by atoms with Gasteiger partial charge in [0, 0.05) is 31.5 Å². The Labute approximate surface area is 164 Å². The van der Waals surface area contributed by atoms with Gasteiger partial charge < -0.3 is 15.3 Å². The topological polar surface area (TPSA) is 111 Å². The minimum Gasteiger partial charge on any atom is -0.481 e. The first-order valence-electron chi connectivity index (χ1n) is 9.71. The van der Waals surface area contributed by atoms with Crippen LogP contribution in [0, 0.1) is 6.92 Å². The maximum atomic E-state index is 12.8. The second-order valence-corrected chi connectivity index (χ2v) is 7.33. The van der Waals surface area contributed by atoms with Gasteiger partial charge in [-0.15, -0.1) is 0 Å². The number of aliphatic carboxylic acids is 1. The first-order chi connectivity index (χ1) is 13.5. The summed E-state index contributed by atoms with van der Waals surface area (Å²) < 4.78 is 0. The van der Waals surface area contributed by atoms with Crippen molar-refractivity contribution in [3.05, 3.63) is 47.5 Å². The minimum absolute atomic E-state index is 0.0247. The second kappa shape index (κ2) is 9.34. The first kappa shape index (κ1) is 19.9. The summed E-state index contributed by atoms with van der Waals surface area (Å²) in [5, 5.41) is 19.2. The van der Waals surface area contributed by atoms with E-state index in [9.17, 15) is 9.59 Å². The lowest BCUT2D eigenvalue weighted by Gasteiger charge is -2.33. The van der Waals surface area contributed by atoms with Crippen LogP contribution in [-0.4, -0.2) is 56.3 Å². The highest BCUT2D eigenvalue weighted by Gasteiger charge is 2.28. The summed E-state index contributed by atoms with van der Waals surface area (Å²) in [7, 11) is 0. The number of carboxylic acids is 1. The Bertz CT molecular complexity index is 792. The van der Waals surface area contributed by atoms with Crippen molar-refractivity contribution in [1.29, 1.82) is 0 Å². The number of hydrogen-bond acceptors (Lipinski definition) is 4. The number of aromatic nitrogens is 3. The van der Waals surface area contributed by atoms with Crippen LogP contribution in [0.25, 0.3) is 0 Å². The lowest BCUT2D eigenvalue weighted by molar-refractivity contribution is -0.137. The predicted octanol–water partition coefficient (Wildman–Crippen LogP) is 2.48. The molecule has 0 aliphatic carbocycles. The summed E-state index contributed by atoms with van der Waals surface area (Å²) in [6, 6.07) is 9.43. The summed E-state index contributed by atoms with van der Waals surface area (Å²) >= 11 is 0. The summed E-state index contributed by atoms with van der Waals surface area (Å²) in [6.07, 6.45) is 2.87. The van der Waals surface area contributed by atoms with E-state index < -0.39 is 5.97 Å². The van der Waals surface area contributed by atoms with Crippen LogP contribution in [0.2, 0.25) is 0 Å². The zero-order chi connectivity index (χ0) is 19.9. The van der Waals surface area contributed by atoms with Gasteiger partial charge in [0.25, 0.3) is 0 Å². The molecular formula is C20H27N5O3. The largest absolute Gasteiger partial charge is 0.481 e. The highest BCUT2D eigenvalue weighted by Crippen LogP contribution is 2.24. The van der Waals surface area contributed by atoms with Gasteiger partial charge in [-0.1, -0.05) is 30.3 Å². The lowest BCUT2D eigenvalue weighted by Crippen LogP contribution is -2.49. The third-order valence-electron chi connectivity index (χ3n) is 5.05. The van der Waals surface area contributed by atoms with E-state index in [2.05, 4.69) is 20.5 Å². The number of rotatable bonds is 7. The molecule has 1 fully saturated rings. The number of aryl methyl sites for hydroxylation is 1. The maximum absolute atomic E-state index is 12.8. The molecule has 150 valence electrons. The van der Waals surface area contributed by atoms with E-state index in [0.29, 0.717) is 25.9 Å². The molecule has 1 aliphatic heterocycles. The van der Waals surface area contributed by atoms with E-state index in [0.717, 1.165) is 30.1 Å². The number of carbonyl (C=O) groups excluding carboxylic acids is 1. The van der Waals surface area contributed by atoms with Crippen LogP contribution in [0.4, 0.5) is 4.79 Å². The van der Waals surface area contributed by atoms with Crippen molar-refractivity contribution >= 4 is 12.0 Å². The van der Waals surface area contributed by atoms with Crippen molar-refractivity contribution in [2.45, 2.75) is 51.0 Å². The van der Waals surface area contributed by atoms with E-state index >= 15 is 0 Å². The number of amides is 2. The number of nitrogens with zero attached hydrogens (tertiary/aromatic N) is 3. The average Bonchev–Trinajstić information content (AvgIpc) is 3.13. The van der Waals surface area contributed by atoms with Crippen LogP contribution in [0.15, 0.2) is 30.3 Å². The third kappa shape index (κ3) is 5.55. The molecule has 2 unspecified atom stereocenters. The predicted molar refractivity (Wildman–Crippen MR) is 104 cm³/mol. The highest BCUT2D eigenvalue weighted by atomic mass is 16.4. The Hall–Kier alpha value is -2.90. The van der Waals surface area contributed by atoms with Gasteiger partial charge in [0.1, 0.15) is 5.82 Å². The fraction of sp³-hybridized carbons (Fsp3) is 0.500. The molecule has 8 nitrogen and oxygen atoms in total. The molecule has 28 heavy (non-hydrogen) atoms. The molecule has 8 heteroatoms. The minimum atomic E-state index is -0.856. The van der Waals surface area contributed by atoms with Crippen molar-refractivity contribution in [2.75, 3.05) is 13.1 Å². The Kier molecular flexibility index (Phi) is 6.62. The van der Waals surface area contributed by atoms with E-state index in [4.69, 9.17) is 5.11 Å². The number of nitrogens with one attached hydrogen (secondary N) is 2. The molecule has 1 saturated heterocycles. The number of piperidine rings is 1. The fourth-order valence-electron chi connectivity index (χ4n) is 3.60. The van der Waals surface area contributed by atoms with Gasteiger partial charge in [0.15, 0.2) is 5.82 Å². The number of urea groups is 1. The van der Waals surface area contributed by atoms with Crippen molar-refractivity contribution in [2.24, 2.45) is 0 Å². The Morgan fingerprint density at radius 3 is 2.82 bits per heavy atom. The van der Waals surface area contributed by atoms with E-state index in [-0.39, 0.29) is 24.4 Å². The van der Waals surface area contributed by atoms with Gasteiger partial charge >= 0.3 is 12.0 Å². The Morgan fingerprint density at radius 2 is 2.14 bits per heavy atom. The van der Waals surface area contributed by atoms with Crippen LogP contribution in [0.1, 0.15) is 48.8 Å². The molecular weight excluding hydrogens is 358 g/mol.